The molecule has 0 aliphatic carbocycles. The van der Waals surface area contributed by atoms with Crippen LogP contribution in [0, 0.1) is 0 Å². The first kappa shape index (κ1) is 17.3. The van der Waals surface area contributed by atoms with E-state index >= 15 is 0 Å². The maximum atomic E-state index is 12.0. The topological polar surface area (TPSA) is 73.6 Å². The Labute approximate surface area is 126 Å². The van der Waals surface area contributed by atoms with E-state index in [9.17, 15) is 4.79 Å². The van der Waals surface area contributed by atoms with Crippen LogP contribution in [0.2, 0.25) is 0 Å². The van der Waals surface area contributed by atoms with Crippen molar-refractivity contribution in [2.75, 3.05) is 7.11 Å². The molecule has 3 N–H and O–H groups in total. The molecule has 0 aliphatic heterocycles. The van der Waals surface area contributed by atoms with E-state index in [0.29, 0.717) is 11.5 Å². The van der Waals surface area contributed by atoms with Crippen LogP contribution in [0.4, 0.5) is 0 Å². The molecule has 0 saturated heterocycles. The first-order valence-corrected chi connectivity index (χ1v) is 7.29. The average molecular weight is 294 g/mol. The molecule has 0 aliphatic rings. The van der Waals surface area contributed by atoms with Crippen molar-refractivity contribution in [3.05, 3.63) is 23.8 Å². The zero-order valence-electron chi connectivity index (χ0n) is 13.5. The minimum absolute atomic E-state index is 0.0842. The zero-order chi connectivity index (χ0) is 16.0. The summed E-state index contributed by atoms with van der Waals surface area (Å²) in [4.78, 5) is 12.0. The van der Waals surface area contributed by atoms with Gasteiger partial charge in [-0.1, -0.05) is 13.0 Å². The molecule has 1 rings (SSSR count). The van der Waals surface area contributed by atoms with Crippen molar-refractivity contribution in [2.24, 2.45) is 5.73 Å². The Morgan fingerprint density at radius 2 is 1.95 bits per heavy atom. The van der Waals surface area contributed by atoms with Gasteiger partial charge < -0.3 is 20.5 Å². The van der Waals surface area contributed by atoms with Crippen molar-refractivity contribution in [3.63, 3.8) is 0 Å². The largest absolute Gasteiger partial charge is 0.493 e. The summed E-state index contributed by atoms with van der Waals surface area (Å²) in [5.74, 6) is 0.976. The third-order valence-electron chi connectivity index (χ3n) is 3.39. The van der Waals surface area contributed by atoms with E-state index in [4.69, 9.17) is 15.2 Å². The van der Waals surface area contributed by atoms with Crippen molar-refractivity contribution >= 4 is 5.91 Å². The number of nitrogens with one attached hydrogen (secondary N) is 1. The summed E-state index contributed by atoms with van der Waals surface area (Å²) in [7, 11) is 1.57. The van der Waals surface area contributed by atoms with Gasteiger partial charge in [0.15, 0.2) is 17.6 Å². The first-order valence-electron chi connectivity index (χ1n) is 7.29. The number of hydrogen-bond donors (Lipinski definition) is 2. The number of nitrogens with two attached hydrogens (primary N) is 1. The van der Waals surface area contributed by atoms with E-state index in [1.807, 2.05) is 32.9 Å². The molecule has 0 fully saturated rings. The minimum atomic E-state index is -0.589. The molecular formula is C16H26N2O3. The van der Waals surface area contributed by atoms with Crippen molar-refractivity contribution in [2.45, 2.75) is 52.3 Å². The number of benzene rings is 1. The molecule has 21 heavy (non-hydrogen) atoms. The molecule has 0 saturated carbocycles. The SMILES string of the molecule is CCC(C)NC(=O)C(C)Oc1ccc([C@@H](C)N)cc1OC. The molecule has 3 atom stereocenters. The van der Waals surface area contributed by atoms with Gasteiger partial charge in [-0.25, -0.2) is 0 Å². The molecule has 0 radical (unpaired) electrons. The van der Waals surface area contributed by atoms with Gasteiger partial charge in [-0.2, -0.15) is 0 Å². The molecule has 1 aromatic rings. The summed E-state index contributed by atoms with van der Waals surface area (Å²) >= 11 is 0. The highest BCUT2D eigenvalue weighted by molar-refractivity contribution is 5.81. The van der Waals surface area contributed by atoms with E-state index in [1.165, 1.54) is 0 Å². The van der Waals surface area contributed by atoms with Gasteiger partial charge >= 0.3 is 0 Å². The molecule has 0 spiro atoms. The standard InChI is InChI=1S/C16H26N2O3/c1-6-10(2)18-16(19)12(4)21-14-8-7-13(11(3)17)9-15(14)20-5/h7-12H,6,17H2,1-5H3,(H,18,19)/t10?,11-,12?/m1/s1. The second-order valence-corrected chi connectivity index (χ2v) is 5.28. The number of carbonyl (C=O) groups is 1. The molecule has 0 heterocycles. The molecule has 0 bridgehead atoms. The van der Waals surface area contributed by atoms with Crippen LogP contribution in [0.25, 0.3) is 0 Å². The lowest BCUT2D eigenvalue weighted by molar-refractivity contribution is -0.127. The van der Waals surface area contributed by atoms with Gasteiger partial charge in [0.25, 0.3) is 5.91 Å². The summed E-state index contributed by atoms with van der Waals surface area (Å²) in [5, 5.41) is 2.89. The molecular weight excluding hydrogens is 268 g/mol. The summed E-state index contributed by atoms with van der Waals surface area (Å²) < 4.78 is 11.0. The van der Waals surface area contributed by atoms with Crippen LogP contribution in [-0.2, 0) is 4.79 Å². The summed E-state index contributed by atoms with van der Waals surface area (Å²) in [5.41, 5.74) is 6.80. The van der Waals surface area contributed by atoms with E-state index in [2.05, 4.69) is 5.32 Å². The van der Waals surface area contributed by atoms with Crippen LogP contribution >= 0.6 is 0 Å². The highest BCUT2D eigenvalue weighted by Gasteiger charge is 2.18. The third kappa shape index (κ3) is 4.93. The van der Waals surface area contributed by atoms with Crippen molar-refractivity contribution < 1.29 is 14.3 Å². The number of rotatable bonds is 7. The second-order valence-electron chi connectivity index (χ2n) is 5.28. The van der Waals surface area contributed by atoms with Gasteiger partial charge in [-0.3, -0.25) is 4.79 Å². The van der Waals surface area contributed by atoms with Crippen LogP contribution in [0.15, 0.2) is 18.2 Å². The Bertz CT molecular complexity index is 475. The van der Waals surface area contributed by atoms with Gasteiger partial charge in [-0.15, -0.1) is 0 Å². The molecule has 0 aromatic heterocycles. The Morgan fingerprint density at radius 3 is 2.48 bits per heavy atom. The second kappa shape index (κ2) is 7.88. The summed E-state index contributed by atoms with van der Waals surface area (Å²) in [6, 6.07) is 5.54. The lowest BCUT2D eigenvalue weighted by Crippen LogP contribution is -2.41. The fourth-order valence-corrected chi connectivity index (χ4v) is 1.77. The Morgan fingerprint density at radius 1 is 1.29 bits per heavy atom. The molecule has 5 nitrogen and oxygen atoms in total. The fraction of sp³-hybridized carbons (Fsp3) is 0.562. The van der Waals surface area contributed by atoms with Gasteiger partial charge in [0.2, 0.25) is 0 Å². The molecule has 1 amide bonds. The molecule has 5 heteroatoms. The highest BCUT2D eigenvalue weighted by Crippen LogP contribution is 2.30. The van der Waals surface area contributed by atoms with Crippen LogP contribution in [0.5, 0.6) is 11.5 Å². The van der Waals surface area contributed by atoms with E-state index in [1.54, 1.807) is 20.1 Å². The van der Waals surface area contributed by atoms with Crippen molar-refractivity contribution in [1.82, 2.24) is 5.32 Å². The smallest absolute Gasteiger partial charge is 0.260 e. The number of methoxy groups -OCH3 is 1. The highest BCUT2D eigenvalue weighted by atomic mass is 16.5. The number of amides is 1. The van der Waals surface area contributed by atoms with Crippen LogP contribution in [-0.4, -0.2) is 25.2 Å². The Hall–Kier alpha value is -1.75. The van der Waals surface area contributed by atoms with Crippen molar-refractivity contribution in [1.29, 1.82) is 0 Å². The average Bonchev–Trinajstić information content (AvgIpc) is 2.46. The van der Waals surface area contributed by atoms with Gasteiger partial charge in [-0.05, 0) is 44.9 Å². The predicted octanol–water partition coefficient (Wildman–Crippen LogP) is 2.40. The van der Waals surface area contributed by atoms with Crippen LogP contribution in [0.1, 0.15) is 45.7 Å². The van der Waals surface area contributed by atoms with Gasteiger partial charge in [0.05, 0.1) is 7.11 Å². The van der Waals surface area contributed by atoms with Gasteiger partial charge in [0, 0.05) is 12.1 Å². The summed E-state index contributed by atoms with van der Waals surface area (Å²) in [6.45, 7) is 7.60. The maximum absolute atomic E-state index is 12.0. The van der Waals surface area contributed by atoms with Crippen molar-refractivity contribution in [3.8, 4) is 11.5 Å². The van der Waals surface area contributed by atoms with Crippen LogP contribution in [0.3, 0.4) is 0 Å². The predicted molar refractivity (Wildman–Crippen MR) is 83.6 cm³/mol. The molecule has 118 valence electrons. The summed E-state index contributed by atoms with van der Waals surface area (Å²) in [6.07, 6.45) is 0.291. The normalized spacial score (nSPS) is 15.0. The molecule has 2 unspecified atom stereocenters. The monoisotopic (exact) mass is 294 g/mol. The Balaban J connectivity index is 2.80. The number of carbonyl (C=O) groups excluding carboxylic acids is 1. The lowest BCUT2D eigenvalue weighted by Gasteiger charge is -2.19. The Kier molecular flexibility index (Phi) is 6.49. The molecule has 1 aromatic carbocycles. The van der Waals surface area contributed by atoms with E-state index < -0.39 is 6.10 Å². The van der Waals surface area contributed by atoms with E-state index in [-0.39, 0.29) is 18.0 Å². The fourth-order valence-electron chi connectivity index (χ4n) is 1.77. The maximum Gasteiger partial charge on any atom is 0.260 e. The first-order chi connectivity index (χ1) is 9.88. The minimum Gasteiger partial charge on any atom is -0.493 e. The third-order valence-corrected chi connectivity index (χ3v) is 3.39. The quantitative estimate of drug-likeness (QED) is 0.810. The number of hydrogen-bond acceptors (Lipinski definition) is 4. The zero-order valence-corrected chi connectivity index (χ0v) is 13.5. The lowest BCUT2D eigenvalue weighted by atomic mass is 10.1. The van der Waals surface area contributed by atoms with Crippen LogP contribution < -0.4 is 20.5 Å². The number of ether oxygens (including phenoxy) is 2. The van der Waals surface area contributed by atoms with Gasteiger partial charge in [0.1, 0.15) is 0 Å². The van der Waals surface area contributed by atoms with E-state index in [0.717, 1.165) is 12.0 Å².